The first-order valence-electron chi connectivity index (χ1n) is 11.9. The van der Waals surface area contributed by atoms with Gasteiger partial charge in [-0.15, -0.1) is 0 Å². The maximum atomic E-state index is 13.4. The third kappa shape index (κ3) is 5.40. The van der Waals surface area contributed by atoms with Crippen LogP contribution in [0.5, 0.6) is 0 Å². The van der Waals surface area contributed by atoms with Gasteiger partial charge in [0.25, 0.3) is 5.91 Å². The number of hydrogen-bond donors (Lipinski definition) is 1. The Morgan fingerprint density at radius 3 is 2.09 bits per heavy atom. The molecular formula is C28H32N2O3S. The summed E-state index contributed by atoms with van der Waals surface area (Å²) >= 11 is 0. The van der Waals surface area contributed by atoms with Crippen LogP contribution in [0.25, 0.3) is 0 Å². The van der Waals surface area contributed by atoms with Crippen molar-refractivity contribution in [2.75, 3.05) is 13.1 Å². The van der Waals surface area contributed by atoms with Gasteiger partial charge in [-0.3, -0.25) is 4.79 Å². The number of hydrogen-bond acceptors (Lipinski definition) is 3. The summed E-state index contributed by atoms with van der Waals surface area (Å²) in [6, 6.07) is 22.5. The second-order valence-electron chi connectivity index (χ2n) is 9.03. The van der Waals surface area contributed by atoms with E-state index in [1.165, 1.54) is 6.07 Å². The topological polar surface area (TPSA) is 66.5 Å². The number of nitrogens with one attached hydrogen (secondary N) is 1. The van der Waals surface area contributed by atoms with Crippen molar-refractivity contribution in [3.8, 4) is 0 Å². The van der Waals surface area contributed by atoms with Crippen molar-refractivity contribution in [1.29, 1.82) is 0 Å². The maximum Gasteiger partial charge on any atom is 0.252 e. The van der Waals surface area contributed by atoms with Gasteiger partial charge in [0, 0.05) is 18.7 Å². The summed E-state index contributed by atoms with van der Waals surface area (Å²) in [5.41, 5.74) is 4.06. The van der Waals surface area contributed by atoms with E-state index in [9.17, 15) is 13.2 Å². The van der Waals surface area contributed by atoms with E-state index in [1.54, 1.807) is 23.4 Å². The monoisotopic (exact) mass is 476 g/mol. The van der Waals surface area contributed by atoms with Crippen molar-refractivity contribution >= 4 is 15.9 Å². The van der Waals surface area contributed by atoms with Crippen molar-refractivity contribution in [3.63, 3.8) is 0 Å². The van der Waals surface area contributed by atoms with Crippen molar-refractivity contribution in [2.45, 2.75) is 50.5 Å². The molecule has 0 bridgehead atoms. The normalized spacial score (nSPS) is 15.9. The van der Waals surface area contributed by atoms with E-state index in [0.717, 1.165) is 42.4 Å². The molecule has 0 saturated carbocycles. The zero-order chi connectivity index (χ0) is 24.1. The average molecular weight is 477 g/mol. The second-order valence-corrected chi connectivity index (χ2v) is 10.9. The molecule has 5 nitrogen and oxygen atoms in total. The Morgan fingerprint density at radius 2 is 1.44 bits per heavy atom. The Kier molecular flexibility index (Phi) is 7.49. The van der Waals surface area contributed by atoms with Crippen LogP contribution in [0.4, 0.5) is 0 Å². The lowest BCUT2D eigenvalue weighted by Gasteiger charge is -2.22. The van der Waals surface area contributed by atoms with E-state index in [4.69, 9.17) is 0 Å². The first-order valence-corrected chi connectivity index (χ1v) is 13.3. The van der Waals surface area contributed by atoms with Crippen LogP contribution in [0.2, 0.25) is 0 Å². The Balaban J connectivity index is 1.65. The highest BCUT2D eigenvalue weighted by molar-refractivity contribution is 7.89. The first-order chi connectivity index (χ1) is 16.4. The summed E-state index contributed by atoms with van der Waals surface area (Å²) < 4.78 is 28.4. The van der Waals surface area contributed by atoms with Gasteiger partial charge in [0.2, 0.25) is 10.0 Å². The molecule has 1 amide bonds. The van der Waals surface area contributed by atoms with Gasteiger partial charge < -0.3 is 5.32 Å². The van der Waals surface area contributed by atoms with Crippen molar-refractivity contribution in [2.24, 2.45) is 0 Å². The molecule has 178 valence electrons. The van der Waals surface area contributed by atoms with Crippen LogP contribution in [0.1, 0.15) is 64.3 Å². The minimum absolute atomic E-state index is 0.216. The molecule has 1 heterocycles. The van der Waals surface area contributed by atoms with Crippen LogP contribution in [-0.2, 0) is 10.0 Å². The van der Waals surface area contributed by atoms with Crippen molar-refractivity contribution in [1.82, 2.24) is 9.62 Å². The van der Waals surface area contributed by atoms with E-state index in [1.807, 2.05) is 61.5 Å². The molecule has 1 saturated heterocycles. The summed E-state index contributed by atoms with van der Waals surface area (Å²) in [6.07, 6.45) is 3.84. The summed E-state index contributed by atoms with van der Waals surface area (Å²) in [5, 5.41) is 3.13. The lowest BCUT2D eigenvalue weighted by Crippen LogP contribution is -2.33. The van der Waals surface area contributed by atoms with Crippen LogP contribution < -0.4 is 5.32 Å². The Hall–Kier alpha value is -2.96. The third-order valence-corrected chi connectivity index (χ3v) is 8.49. The third-order valence-electron chi connectivity index (χ3n) is 6.45. The molecule has 1 N–H and O–H groups in total. The van der Waals surface area contributed by atoms with E-state index in [-0.39, 0.29) is 16.8 Å². The fourth-order valence-electron chi connectivity index (χ4n) is 4.42. The smallest absolute Gasteiger partial charge is 0.252 e. The van der Waals surface area contributed by atoms with Gasteiger partial charge in [-0.2, -0.15) is 4.31 Å². The first kappa shape index (κ1) is 24.2. The fraction of sp³-hybridized carbons (Fsp3) is 0.321. The number of rotatable bonds is 6. The molecule has 0 aliphatic carbocycles. The van der Waals surface area contributed by atoms with Gasteiger partial charge in [-0.25, -0.2) is 8.42 Å². The SMILES string of the molecule is Cc1ccc([C@H](NC(=O)c2ccc(C)c(S(=O)(=O)N3CCCCCC3)c2)c2ccccc2)cc1. The van der Waals surface area contributed by atoms with E-state index in [2.05, 4.69) is 5.32 Å². The molecule has 1 aliphatic rings. The predicted molar refractivity (Wildman–Crippen MR) is 135 cm³/mol. The Morgan fingerprint density at radius 1 is 0.824 bits per heavy atom. The van der Waals surface area contributed by atoms with Crippen LogP contribution in [0.3, 0.4) is 0 Å². The molecule has 3 aromatic rings. The molecule has 0 spiro atoms. The molecule has 1 atom stereocenters. The van der Waals surface area contributed by atoms with Gasteiger partial charge in [0.1, 0.15) is 0 Å². The highest BCUT2D eigenvalue weighted by atomic mass is 32.2. The number of nitrogens with zero attached hydrogens (tertiary/aromatic N) is 1. The van der Waals surface area contributed by atoms with Crippen molar-refractivity contribution < 1.29 is 13.2 Å². The van der Waals surface area contributed by atoms with Crippen LogP contribution in [-0.4, -0.2) is 31.7 Å². The molecule has 4 rings (SSSR count). The molecule has 0 radical (unpaired) electrons. The predicted octanol–water partition coefficient (Wildman–Crippen LogP) is 5.39. The Bertz CT molecular complexity index is 1230. The van der Waals surface area contributed by atoms with Crippen molar-refractivity contribution in [3.05, 3.63) is 101 Å². The van der Waals surface area contributed by atoms with Gasteiger partial charge in [0.15, 0.2) is 0 Å². The van der Waals surface area contributed by atoms with Crippen LogP contribution in [0, 0.1) is 13.8 Å². The van der Waals surface area contributed by atoms with Crippen LogP contribution in [0.15, 0.2) is 77.7 Å². The molecule has 0 aromatic heterocycles. The highest BCUT2D eigenvalue weighted by Gasteiger charge is 2.28. The number of sulfonamides is 1. The van der Waals surface area contributed by atoms with Gasteiger partial charge in [0.05, 0.1) is 10.9 Å². The molecule has 0 unspecified atom stereocenters. The molecule has 1 aliphatic heterocycles. The number of benzene rings is 3. The summed E-state index contributed by atoms with van der Waals surface area (Å²) in [7, 11) is -3.66. The number of carbonyl (C=O) groups is 1. The van der Waals surface area contributed by atoms with Gasteiger partial charge in [-0.05, 0) is 55.5 Å². The average Bonchev–Trinajstić information content (AvgIpc) is 3.14. The molecule has 34 heavy (non-hydrogen) atoms. The second kappa shape index (κ2) is 10.5. The number of carbonyl (C=O) groups excluding carboxylic acids is 1. The number of aryl methyl sites for hydroxylation is 2. The quantitative estimate of drug-likeness (QED) is 0.519. The zero-order valence-electron chi connectivity index (χ0n) is 19.8. The molecular weight excluding hydrogens is 444 g/mol. The Labute approximate surface area is 202 Å². The highest BCUT2D eigenvalue weighted by Crippen LogP contribution is 2.26. The van der Waals surface area contributed by atoms with E-state index >= 15 is 0 Å². The largest absolute Gasteiger partial charge is 0.341 e. The lowest BCUT2D eigenvalue weighted by molar-refractivity contribution is 0.0942. The van der Waals surface area contributed by atoms with E-state index in [0.29, 0.717) is 24.2 Å². The number of amides is 1. The zero-order valence-corrected chi connectivity index (χ0v) is 20.6. The van der Waals surface area contributed by atoms with E-state index < -0.39 is 10.0 Å². The van der Waals surface area contributed by atoms with Gasteiger partial charge >= 0.3 is 0 Å². The fourth-order valence-corrected chi connectivity index (χ4v) is 6.19. The lowest BCUT2D eigenvalue weighted by atomic mass is 9.97. The molecule has 3 aromatic carbocycles. The standard InChI is InChI=1S/C28H32N2O3S/c1-21-12-15-24(16-13-21)27(23-10-6-5-7-11-23)29-28(31)25-17-14-22(2)26(20-25)34(32,33)30-18-8-3-4-9-19-30/h5-7,10-17,20,27H,3-4,8-9,18-19H2,1-2H3,(H,29,31)/t27-/m1/s1. The minimum Gasteiger partial charge on any atom is -0.341 e. The van der Waals surface area contributed by atoms with Crippen LogP contribution >= 0.6 is 0 Å². The summed E-state index contributed by atoms with van der Waals surface area (Å²) in [4.78, 5) is 13.6. The van der Waals surface area contributed by atoms with Gasteiger partial charge in [-0.1, -0.05) is 79.1 Å². The maximum absolute atomic E-state index is 13.4. The molecule has 1 fully saturated rings. The summed E-state index contributed by atoms with van der Waals surface area (Å²) in [6.45, 7) is 4.87. The minimum atomic E-state index is -3.66. The molecule has 6 heteroatoms. The summed E-state index contributed by atoms with van der Waals surface area (Å²) in [5.74, 6) is -0.304.